The predicted molar refractivity (Wildman–Crippen MR) is 90.4 cm³/mol. The smallest absolute Gasteiger partial charge is 0.407 e. The summed E-state index contributed by atoms with van der Waals surface area (Å²) >= 11 is 0. The van der Waals surface area contributed by atoms with Gasteiger partial charge in [-0.25, -0.2) is 9.18 Å². The number of rotatable bonds is 7. The highest BCUT2D eigenvalue weighted by Gasteiger charge is 2.23. The molecule has 0 saturated heterocycles. The summed E-state index contributed by atoms with van der Waals surface area (Å²) in [4.78, 5) is 24.0. The van der Waals surface area contributed by atoms with Crippen LogP contribution in [0.25, 0.3) is 0 Å². The lowest BCUT2D eigenvalue weighted by Gasteiger charge is -2.16. The van der Waals surface area contributed by atoms with Crippen LogP contribution in [0.5, 0.6) is 0 Å². The molecule has 0 aliphatic heterocycles. The molecule has 0 spiro atoms. The summed E-state index contributed by atoms with van der Waals surface area (Å²) in [6, 6.07) is 14.8. The third-order valence-electron chi connectivity index (χ3n) is 3.51. The Bertz CT molecular complexity index is 688. The Kier molecular flexibility index (Phi) is 6.95. The summed E-state index contributed by atoms with van der Waals surface area (Å²) in [6.45, 7) is 2.04. The van der Waals surface area contributed by atoms with Gasteiger partial charge in [0.25, 0.3) is 0 Å². The number of amides is 1. The van der Waals surface area contributed by atoms with E-state index in [1.807, 2.05) is 30.3 Å². The number of esters is 1. The molecule has 1 amide bonds. The molecule has 132 valence electrons. The normalized spacial score (nSPS) is 11.4. The zero-order valence-corrected chi connectivity index (χ0v) is 13.9. The van der Waals surface area contributed by atoms with Crippen molar-refractivity contribution in [2.45, 2.75) is 19.4 Å². The van der Waals surface area contributed by atoms with E-state index in [9.17, 15) is 14.0 Å². The fraction of sp³-hybridized carbons (Fsp3) is 0.263. The molecule has 0 aliphatic carbocycles. The molecular formula is C19H20FNO4. The maximum atomic E-state index is 13.1. The Hall–Kier alpha value is -2.89. The number of halogens is 1. The number of ether oxygens (including phenoxy) is 2. The molecule has 0 aromatic heterocycles. The van der Waals surface area contributed by atoms with Crippen molar-refractivity contribution in [3.63, 3.8) is 0 Å². The minimum atomic E-state index is -0.732. The monoisotopic (exact) mass is 345 g/mol. The third kappa shape index (κ3) is 5.91. The molecule has 5 nitrogen and oxygen atoms in total. The summed E-state index contributed by atoms with van der Waals surface area (Å²) in [7, 11) is 0. The van der Waals surface area contributed by atoms with Gasteiger partial charge in [0.15, 0.2) is 0 Å². The Morgan fingerprint density at radius 2 is 1.72 bits per heavy atom. The van der Waals surface area contributed by atoms with Crippen molar-refractivity contribution >= 4 is 12.1 Å². The first-order chi connectivity index (χ1) is 12.1. The molecule has 2 aromatic carbocycles. The lowest BCUT2D eigenvalue weighted by Crippen LogP contribution is -2.33. The van der Waals surface area contributed by atoms with Crippen LogP contribution in [-0.4, -0.2) is 25.2 Å². The van der Waals surface area contributed by atoms with Gasteiger partial charge < -0.3 is 14.8 Å². The highest BCUT2D eigenvalue weighted by atomic mass is 19.1. The van der Waals surface area contributed by atoms with Crippen LogP contribution in [0.3, 0.4) is 0 Å². The lowest BCUT2D eigenvalue weighted by molar-refractivity contribution is -0.144. The number of alkyl carbamates (subject to hydrolysis) is 1. The lowest BCUT2D eigenvalue weighted by atomic mass is 9.99. The van der Waals surface area contributed by atoms with E-state index in [1.165, 1.54) is 24.3 Å². The van der Waals surface area contributed by atoms with Crippen molar-refractivity contribution in [2.24, 2.45) is 0 Å². The SMILES string of the molecule is CCOC(=O)C(CNC(=O)OCc1ccccc1)c1ccc(F)cc1. The largest absolute Gasteiger partial charge is 0.465 e. The van der Waals surface area contributed by atoms with Gasteiger partial charge in [0.2, 0.25) is 0 Å². The van der Waals surface area contributed by atoms with Crippen LogP contribution < -0.4 is 5.32 Å². The molecule has 2 aromatic rings. The van der Waals surface area contributed by atoms with Crippen molar-refractivity contribution in [3.05, 3.63) is 71.5 Å². The van der Waals surface area contributed by atoms with Crippen LogP contribution in [-0.2, 0) is 20.9 Å². The van der Waals surface area contributed by atoms with Crippen molar-refractivity contribution in [2.75, 3.05) is 13.2 Å². The van der Waals surface area contributed by atoms with Crippen LogP contribution in [0.2, 0.25) is 0 Å². The zero-order valence-electron chi connectivity index (χ0n) is 13.9. The molecule has 2 rings (SSSR count). The second kappa shape index (κ2) is 9.42. The number of carbonyl (C=O) groups excluding carboxylic acids is 2. The van der Waals surface area contributed by atoms with E-state index >= 15 is 0 Å². The number of carbonyl (C=O) groups is 2. The molecule has 1 N–H and O–H groups in total. The first kappa shape index (κ1) is 18.4. The summed E-state index contributed by atoms with van der Waals surface area (Å²) < 4.78 is 23.2. The Balaban J connectivity index is 1.93. The van der Waals surface area contributed by atoms with Gasteiger partial charge in [-0.2, -0.15) is 0 Å². The van der Waals surface area contributed by atoms with E-state index in [2.05, 4.69) is 5.32 Å². The Morgan fingerprint density at radius 3 is 2.36 bits per heavy atom. The second-order valence-corrected chi connectivity index (χ2v) is 5.30. The van der Waals surface area contributed by atoms with Crippen molar-refractivity contribution in [1.82, 2.24) is 5.32 Å². The van der Waals surface area contributed by atoms with Gasteiger partial charge in [-0.15, -0.1) is 0 Å². The number of hydrogen-bond donors (Lipinski definition) is 1. The first-order valence-electron chi connectivity index (χ1n) is 7.96. The van der Waals surface area contributed by atoms with Crippen LogP contribution in [0, 0.1) is 5.82 Å². The van der Waals surface area contributed by atoms with Gasteiger partial charge in [-0.3, -0.25) is 4.79 Å². The molecule has 0 radical (unpaired) electrons. The predicted octanol–water partition coefficient (Wildman–Crippen LogP) is 3.40. The van der Waals surface area contributed by atoms with Crippen molar-refractivity contribution < 1.29 is 23.5 Å². The van der Waals surface area contributed by atoms with Crippen LogP contribution in [0.1, 0.15) is 24.0 Å². The van der Waals surface area contributed by atoms with E-state index in [0.717, 1.165) is 5.56 Å². The average Bonchev–Trinajstić information content (AvgIpc) is 2.63. The van der Waals surface area contributed by atoms with E-state index in [-0.39, 0.29) is 19.8 Å². The molecule has 0 bridgehead atoms. The topological polar surface area (TPSA) is 64.6 Å². The zero-order chi connectivity index (χ0) is 18.1. The maximum Gasteiger partial charge on any atom is 0.407 e. The third-order valence-corrected chi connectivity index (χ3v) is 3.51. The van der Waals surface area contributed by atoms with Gasteiger partial charge in [-0.05, 0) is 30.2 Å². The standard InChI is InChI=1S/C19H20FNO4/c1-2-24-18(22)17(15-8-10-16(20)11-9-15)12-21-19(23)25-13-14-6-4-3-5-7-14/h3-11,17H,2,12-13H2,1H3,(H,21,23). The summed E-state index contributed by atoms with van der Waals surface area (Å²) in [5.74, 6) is -1.62. The summed E-state index contributed by atoms with van der Waals surface area (Å²) in [5, 5.41) is 2.55. The average molecular weight is 345 g/mol. The minimum absolute atomic E-state index is 0.00190. The number of nitrogens with one attached hydrogen (secondary N) is 1. The molecule has 0 aliphatic rings. The number of hydrogen-bond acceptors (Lipinski definition) is 4. The van der Waals surface area contributed by atoms with Crippen LogP contribution >= 0.6 is 0 Å². The molecule has 6 heteroatoms. The van der Waals surface area contributed by atoms with Gasteiger partial charge in [0.05, 0.1) is 12.5 Å². The summed E-state index contributed by atoms with van der Waals surface area (Å²) in [6.07, 6.45) is -0.639. The molecule has 1 atom stereocenters. The van der Waals surface area contributed by atoms with Gasteiger partial charge >= 0.3 is 12.1 Å². The quantitative estimate of drug-likeness (QED) is 0.781. The molecule has 25 heavy (non-hydrogen) atoms. The molecular weight excluding hydrogens is 325 g/mol. The Morgan fingerprint density at radius 1 is 1.04 bits per heavy atom. The van der Waals surface area contributed by atoms with E-state index in [1.54, 1.807) is 6.92 Å². The van der Waals surface area contributed by atoms with Gasteiger partial charge in [0, 0.05) is 6.54 Å². The van der Waals surface area contributed by atoms with Crippen molar-refractivity contribution in [3.8, 4) is 0 Å². The first-order valence-corrected chi connectivity index (χ1v) is 7.96. The number of benzene rings is 2. The fourth-order valence-corrected chi connectivity index (χ4v) is 2.23. The fourth-order valence-electron chi connectivity index (χ4n) is 2.23. The summed E-state index contributed by atoms with van der Waals surface area (Å²) in [5.41, 5.74) is 1.42. The highest BCUT2D eigenvalue weighted by molar-refractivity contribution is 5.79. The highest BCUT2D eigenvalue weighted by Crippen LogP contribution is 2.17. The Labute approximate surface area is 145 Å². The van der Waals surface area contributed by atoms with E-state index in [4.69, 9.17) is 9.47 Å². The van der Waals surface area contributed by atoms with Gasteiger partial charge in [-0.1, -0.05) is 42.5 Å². The molecule has 1 unspecified atom stereocenters. The maximum absolute atomic E-state index is 13.1. The minimum Gasteiger partial charge on any atom is -0.465 e. The van der Waals surface area contributed by atoms with Crippen LogP contribution in [0.4, 0.5) is 9.18 Å². The van der Waals surface area contributed by atoms with Crippen LogP contribution in [0.15, 0.2) is 54.6 Å². The van der Waals surface area contributed by atoms with E-state index in [0.29, 0.717) is 5.56 Å². The molecule has 0 heterocycles. The molecule has 0 saturated carbocycles. The van der Waals surface area contributed by atoms with Gasteiger partial charge in [0.1, 0.15) is 12.4 Å². The second-order valence-electron chi connectivity index (χ2n) is 5.30. The molecule has 0 fully saturated rings. The van der Waals surface area contributed by atoms with Crippen molar-refractivity contribution in [1.29, 1.82) is 0 Å². The van der Waals surface area contributed by atoms with E-state index < -0.39 is 23.8 Å².